The molecule has 6 heteroatoms. The van der Waals surface area contributed by atoms with Crippen LogP contribution in [0.5, 0.6) is 0 Å². The quantitative estimate of drug-likeness (QED) is 0.534. The van der Waals surface area contributed by atoms with E-state index in [0.29, 0.717) is 5.76 Å². The Bertz CT molecular complexity index is 1200. The summed E-state index contributed by atoms with van der Waals surface area (Å²) in [5.74, 6) is -1.06. The minimum atomic E-state index is -0.722. The number of benzene rings is 1. The van der Waals surface area contributed by atoms with Crippen LogP contribution in [-0.4, -0.2) is 26.7 Å². The molecule has 168 valence electrons. The van der Waals surface area contributed by atoms with Crippen molar-refractivity contribution in [2.24, 2.45) is 0 Å². The molecule has 0 aliphatic carbocycles. The lowest BCUT2D eigenvalue weighted by atomic mass is 9.85. The third-order valence-electron chi connectivity index (χ3n) is 5.68. The number of carbonyl (C=O) groups excluding carboxylic acids is 2. The molecule has 1 unspecified atom stereocenters. The Kier molecular flexibility index (Phi) is 6.01. The highest BCUT2D eigenvalue weighted by Crippen LogP contribution is 2.39. The van der Waals surface area contributed by atoms with E-state index in [-0.39, 0.29) is 17.5 Å². The van der Waals surface area contributed by atoms with Crippen molar-refractivity contribution < 1.29 is 19.1 Å². The van der Waals surface area contributed by atoms with Crippen molar-refractivity contribution in [1.82, 2.24) is 9.88 Å². The number of rotatable bonds is 6. The van der Waals surface area contributed by atoms with Crippen molar-refractivity contribution in [3.8, 4) is 0 Å². The zero-order valence-electron chi connectivity index (χ0n) is 18.9. The van der Waals surface area contributed by atoms with E-state index in [1.165, 1.54) is 23.3 Å². The second-order valence-corrected chi connectivity index (χ2v) is 9.04. The molecule has 2 aromatic heterocycles. The number of carbonyl (C=O) groups is 2. The highest BCUT2D eigenvalue weighted by Gasteiger charge is 2.43. The molecule has 0 bridgehead atoms. The van der Waals surface area contributed by atoms with Gasteiger partial charge in [-0.1, -0.05) is 51.1 Å². The lowest BCUT2D eigenvalue weighted by molar-refractivity contribution is -0.130. The van der Waals surface area contributed by atoms with Gasteiger partial charge in [-0.25, -0.2) is 0 Å². The molecular formula is C27H26N2O4. The third-order valence-corrected chi connectivity index (χ3v) is 5.68. The first-order valence-corrected chi connectivity index (χ1v) is 10.7. The maximum atomic E-state index is 13.2. The van der Waals surface area contributed by atoms with E-state index >= 15 is 0 Å². The van der Waals surface area contributed by atoms with Gasteiger partial charge in [-0.2, -0.15) is 0 Å². The molecule has 1 N–H and O–H groups in total. The van der Waals surface area contributed by atoms with Crippen molar-refractivity contribution in [2.45, 2.75) is 38.8 Å². The highest BCUT2D eigenvalue weighted by molar-refractivity contribution is 6.14. The first kappa shape index (κ1) is 22.3. The minimum absolute atomic E-state index is 0.0399. The Morgan fingerprint density at radius 2 is 1.91 bits per heavy atom. The SMILES string of the molecule is CC(C)(C)c1ccc(C2C(C(=O)/C=C/c3ccco3)=C(O)C(=O)N2Cc2cccnc2)cc1. The summed E-state index contributed by atoms with van der Waals surface area (Å²) in [6.07, 6.45) is 7.68. The number of ketones is 1. The number of aromatic nitrogens is 1. The van der Waals surface area contributed by atoms with Gasteiger partial charge in [-0.15, -0.1) is 0 Å². The molecule has 0 saturated heterocycles. The summed E-state index contributed by atoms with van der Waals surface area (Å²) >= 11 is 0. The lowest BCUT2D eigenvalue weighted by Gasteiger charge is -2.27. The largest absolute Gasteiger partial charge is 0.503 e. The molecule has 1 aliphatic heterocycles. The number of aliphatic hydroxyl groups excluding tert-OH is 1. The number of aliphatic hydroxyl groups is 1. The van der Waals surface area contributed by atoms with Crippen LogP contribution in [-0.2, 0) is 21.5 Å². The standard InChI is InChI=1S/C27H26N2O4/c1-27(2,3)20-10-8-19(9-11-20)24-23(22(30)13-12-21-7-5-15-33-21)25(31)26(32)29(24)17-18-6-4-14-28-16-18/h4-16,24,31H,17H2,1-3H3/b13-12+. The molecule has 0 radical (unpaired) electrons. The molecule has 3 aromatic rings. The summed E-state index contributed by atoms with van der Waals surface area (Å²) in [7, 11) is 0. The fourth-order valence-corrected chi connectivity index (χ4v) is 3.90. The monoisotopic (exact) mass is 442 g/mol. The predicted molar refractivity (Wildman–Crippen MR) is 125 cm³/mol. The van der Waals surface area contributed by atoms with E-state index in [9.17, 15) is 14.7 Å². The zero-order chi connectivity index (χ0) is 23.6. The summed E-state index contributed by atoms with van der Waals surface area (Å²) in [6.45, 7) is 6.57. The van der Waals surface area contributed by atoms with Crippen molar-refractivity contribution in [2.75, 3.05) is 0 Å². The van der Waals surface area contributed by atoms with Crippen LogP contribution in [0, 0.1) is 0 Å². The summed E-state index contributed by atoms with van der Waals surface area (Å²) in [5.41, 5.74) is 2.69. The maximum Gasteiger partial charge on any atom is 0.290 e. The van der Waals surface area contributed by atoms with Crippen molar-refractivity contribution in [1.29, 1.82) is 0 Å². The van der Waals surface area contributed by atoms with Crippen LogP contribution < -0.4 is 0 Å². The highest BCUT2D eigenvalue weighted by atomic mass is 16.3. The molecule has 1 aliphatic rings. The summed E-state index contributed by atoms with van der Waals surface area (Å²) < 4.78 is 5.25. The van der Waals surface area contributed by atoms with Gasteiger partial charge in [0, 0.05) is 18.9 Å². The van der Waals surface area contributed by atoms with Crippen LogP contribution in [0.25, 0.3) is 6.08 Å². The van der Waals surface area contributed by atoms with Crippen LogP contribution in [0.3, 0.4) is 0 Å². The van der Waals surface area contributed by atoms with Crippen LogP contribution in [0.15, 0.2) is 89.0 Å². The minimum Gasteiger partial charge on any atom is -0.503 e. The number of furan rings is 1. The van der Waals surface area contributed by atoms with E-state index in [0.717, 1.165) is 16.7 Å². The fraction of sp³-hybridized carbons (Fsp3) is 0.222. The van der Waals surface area contributed by atoms with Gasteiger partial charge < -0.3 is 14.4 Å². The average Bonchev–Trinajstić information content (AvgIpc) is 3.40. The summed E-state index contributed by atoms with van der Waals surface area (Å²) in [5, 5.41) is 10.7. The van der Waals surface area contributed by atoms with Gasteiger partial charge in [-0.05, 0) is 52.5 Å². The van der Waals surface area contributed by atoms with E-state index < -0.39 is 23.5 Å². The molecule has 33 heavy (non-hydrogen) atoms. The third kappa shape index (κ3) is 4.65. The Labute approximate surface area is 192 Å². The number of allylic oxidation sites excluding steroid dienone is 1. The molecule has 6 nitrogen and oxygen atoms in total. The van der Waals surface area contributed by atoms with Crippen LogP contribution in [0.4, 0.5) is 0 Å². The number of pyridine rings is 1. The van der Waals surface area contributed by atoms with Crippen LogP contribution in [0.1, 0.15) is 49.3 Å². The predicted octanol–water partition coefficient (Wildman–Crippen LogP) is 5.15. The second kappa shape index (κ2) is 8.90. The van der Waals surface area contributed by atoms with E-state index in [1.807, 2.05) is 30.3 Å². The summed E-state index contributed by atoms with van der Waals surface area (Å²) in [6, 6.07) is 14.2. The molecule has 4 rings (SSSR count). The van der Waals surface area contributed by atoms with Gasteiger partial charge in [0.2, 0.25) is 0 Å². The average molecular weight is 443 g/mol. The molecular weight excluding hydrogens is 416 g/mol. The van der Waals surface area contributed by atoms with E-state index in [1.54, 1.807) is 30.6 Å². The maximum absolute atomic E-state index is 13.2. The topological polar surface area (TPSA) is 83.6 Å². The molecule has 0 saturated carbocycles. The van der Waals surface area contributed by atoms with Crippen LogP contribution in [0.2, 0.25) is 0 Å². The Hall–Kier alpha value is -3.93. The van der Waals surface area contributed by atoms with Gasteiger partial charge >= 0.3 is 0 Å². The van der Waals surface area contributed by atoms with E-state index in [2.05, 4.69) is 25.8 Å². The first-order valence-electron chi connectivity index (χ1n) is 10.7. The normalized spacial score (nSPS) is 16.8. The molecule has 1 atom stereocenters. The number of hydrogen-bond acceptors (Lipinski definition) is 5. The van der Waals surface area contributed by atoms with Crippen molar-refractivity contribution >= 4 is 17.8 Å². The molecule has 3 heterocycles. The fourth-order valence-electron chi connectivity index (χ4n) is 3.90. The van der Waals surface area contributed by atoms with Gasteiger partial charge in [0.1, 0.15) is 5.76 Å². The van der Waals surface area contributed by atoms with Crippen molar-refractivity contribution in [3.05, 3.63) is 107 Å². The van der Waals surface area contributed by atoms with Crippen LogP contribution >= 0.6 is 0 Å². The van der Waals surface area contributed by atoms with Gasteiger partial charge in [0.05, 0.1) is 17.9 Å². The zero-order valence-corrected chi connectivity index (χ0v) is 18.9. The second-order valence-electron chi connectivity index (χ2n) is 9.04. The molecule has 1 aromatic carbocycles. The summed E-state index contributed by atoms with van der Waals surface area (Å²) in [4.78, 5) is 31.9. The molecule has 0 spiro atoms. The number of hydrogen-bond donors (Lipinski definition) is 1. The lowest BCUT2D eigenvalue weighted by Crippen LogP contribution is -2.30. The Morgan fingerprint density at radius 1 is 1.15 bits per heavy atom. The van der Waals surface area contributed by atoms with Gasteiger partial charge in [0.25, 0.3) is 5.91 Å². The molecule has 0 fully saturated rings. The van der Waals surface area contributed by atoms with Gasteiger partial charge in [-0.3, -0.25) is 14.6 Å². The first-order chi connectivity index (χ1) is 15.8. The number of amides is 1. The van der Waals surface area contributed by atoms with Crippen molar-refractivity contribution in [3.63, 3.8) is 0 Å². The van der Waals surface area contributed by atoms with E-state index in [4.69, 9.17) is 4.42 Å². The Balaban J connectivity index is 1.74. The van der Waals surface area contributed by atoms with Gasteiger partial charge in [0.15, 0.2) is 11.5 Å². The smallest absolute Gasteiger partial charge is 0.290 e. The molecule has 1 amide bonds. The number of nitrogens with zero attached hydrogens (tertiary/aromatic N) is 2. The Morgan fingerprint density at radius 3 is 2.52 bits per heavy atom.